The monoisotopic (exact) mass is 326 g/mol. The highest BCUT2D eigenvalue weighted by atomic mass is 32.2. The molecule has 0 radical (unpaired) electrons. The molecule has 2 rings (SSSR count). The maximum atomic E-state index is 12.1. The van der Waals surface area contributed by atoms with Crippen molar-refractivity contribution in [3.63, 3.8) is 0 Å². The third-order valence-corrected chi connectivity index (χ3v) is 4.55. The highest BCUT2D eigenvalue weighted by molar-refractivity contribution is 7.91. The fraction of sp³-hybridized carbons (Fsp3) is 0.500. The molecule has 21 heavy (non-hydrogen) atoms. The quantitative estimate of drug-likeness (QED) is 0.909. The highest BCUT2D eigenvalue weighted by Crippen LogP contribution is 2.33. The summed E-state index contributed by atoms with van der Waals surface area (Å²) in [5.41, 5.74) is 0. The van der Waals surface area contributed by atoms with E-state index >= 15 is 0 Å². The van der Waals surface area contributed by atoms with Crippen LogP contribution in [0.15, 0.2) is 23.1 Å². The Morgan fingerprint density at radius 2 is 1.81 bits per heavy atom. The highest BCUT2D eigenvalue weighted by Gasteiger charge is 2.33. The summed E-state index contributed by atoms with van der Waals surface area (Å²) in [5, 5.41) is 9.27. The number of sulfone groups is 1. The molecular formula is C12H13F3O5S. The van der Waals surface area contributed by atoms with Crippen molar-refractivity contribution in [3.8, 4) is 11.5 Å². The van der Waals surface area contributed by atoms with E-state index in [0.717, 1.165) is 0 Å². The Kier molecular flexibility index (Phi) is 4.33. The number of fused-ring (bicyclic) bond motifs is 1. The van der Waals surface area contributed by atoms with Crippen LogP contribution in [0.4, 0.5) is 13.2 Å². The minimum Gasteiger partial charge on any atom is -0.486 e. The lowest BCUT2D eigenvalue weighted by Gasteiger charge is -2.19. The Labute approximate surface area is 119 Å². The van der Waals surface area contributed by atoms with Crippen molar-refractivity contribution < 1.29 is 36.2 Å². The Balaban J connectivity index is 2.16. The Bertz CT molecular complexity index is 612. The zero-order chi connectivity index (χ0) is 15.7. The van der Waals surface area contributed by atoms with Crippen LogP contribution < -0.4 is 9.47 Å². The fourth-order valence-electron chi connectivity index (χ4n) is 1.89. The second kappa shape index (κ2) is 5.72. The van der Waals surface area contributed by atoms with E-state index in [1.807, 2.05) is 0 Å². The molecule has 118 valence electrons. The van der Waals surface area contributed by atoms with Gasteiger partial charge in [-0.05, 0) is 12.1 Å². The van der Waals surface area contributed by atoms with Gasteiger partial charge in [0.15, 0.2) is 21.3 Å². The van der Waals surface area contributed by atoms with Crippen LogP contribution in [-0.4, -0.2) is 44.8 Å². The van der Waals surface area contributed by atoms with E-state index in [1.54, 1.807) is 0 Å². The third kappa shape index (κ3) is 4.24. The summed E-state index contributed by atoms with van der Waals surface area (Å²) >= 11 is 0. The molecule has 0 fully saturated rings. The van der Waals surface area contributed by atoms with E-state index in [9.17, 15) is 26.7 Å². The molecule has 1 unspecified atom stereocenters. The van der Waals surface area contributed by atoms with Gasteiger partial charge >= 0.3 is 6.18 Å². The zero-order valence-corrected chi connectivity index (χ0v) is 11.6. The molecule has 0 aliphatic carbocycles. The molecule has 1 aromatic carbocycles. The summed E-state index contributed by atoms with van der Waals surface area (Å²) in [6.07, 6.45) is -8.21. The molecule has 0 saturated heterocycles. The molecule has 1 aliphatic rings. The van der Waals surface area contributed by atoms with Crippen molar-refractivity contribution in [2.45, 2.75) is 23.6 Å². The van der Waals surface area contributed by atoms with Crippen LogP contribution in [-0.2, 0) is 9.84 Å². The van der Waals surface area contributed by atoms with Crippen LogP contribution in [0.2, 0.25) is 0 Å². The van der Waals surface area contributed by atoms with Crippen LogP contribution in [0.5, 0.6) is 11.5 Å². The molecule has 1 heterocycles. The van der Waals surface area contributed by atoms with E-state index in [1.165, 1.54) is 18.2 Å². The molecule has 9 heteroatoms. The summed E-state index contributed by atoms with van der Waals surface area (Å²) in [6, 6.07) is 3.77. The third-order valence-electron chi connectivity index (χ3n) is 2.75. The topological polar surface area (TPSA) is 72.8 Å². The molecular weight excluding hydrogens is 313 g/mol. The minimum atomic E-state index is -4.62. The van der Waals surface area contributed by atoms with Crippen molar-refractivity contribution >= 4 is 9.84 Å². The molecule has 1 aromatic rings. The Morgan fingerprint density at radius 3 is 2.43 bits per heavy atom. The van der Waals surface area contributed by atoms with Crippen molar-refractivity contribution in [2.24, 2.45) is 0 Å². The molecule has 1 aliphatic heterocycles. The molecule has 1 N–H and O–H groups in total. The standard InChI is InChI=1S/C12H13F3O5S/c13-12(14,15)6-8(16)7-21(17,18)9-1-2-10-11(5-9)20-4-3-19-10/h1-2,5,8,16H,3-4,6-7H2. The van der Waals surface area contributed by atoms with Crippen molar-refractivity contribution in [1.29, 1.82) is 0 Å². The van der Waals surface area contributed by atoms with Crippen LogP contribution in [0.1, 0.15) is 6.42 Å². The Morgan fingerprint density at radius 1 is 1.19 bits per heavy atom. The molecule has 0 bridgehead atoms. The fourth-order valence-corrected chi connectivity index (χ4v) is 3.27. The van der Waals surface area contributed by atoms with Gasteiger partial charge < -0.3 is 14.6 Å². The van der Waals surface area contributed by atoms with E-state index in [2.05, 4.69) is 0 Å². The van der Waals surface area contributed by atoms with E-state index < -0.39 is 34.3 Å². The summed E-state index contributed by atoms with van der Waals surface area (Å²) < 4.78 is 70.8. The first-order chi connectivity index (χ1) is 9.67. The predicted octanol–water partition coefficient (Wildman–Crippen LogP) is 1.54. The maximum absolute atomic E-state index is 12.1. The summed E-state index contributed by atoms with van der Waals surface area (Å²) in [7, 11) is -4.05. The van der Waals surface area contributed by atoms with Gasteiger partial charge in [-0.15, -0.1) is 0 Å². The summed E-state index contributed by atoms with van der Waals surface area (Å²) in [6.45, 7) is 0.594. The smallest absolute Gasteiger partial charge is 0.391 e. The lowest BCUT2D eigenvalue weighted by atomic mass is 10.3. The number of rotatable bonds is 4. The van der Waals surface area contributed by atoms with Crippen LogP contribution >= 0.6 is 0 Å². The van der Waals surface area contributed by atoms with Gasteiger partial charge in [-0.3, -0.25) is 0 Å². The summed E-state index contributed by atoms with van der Waals surface area (Å²) in [4.78, 5) is -0.215. The number of aliphatic hydroxyl groups is 1. The van der Waals surface area contributed by atoms with E-state index in [0.29, 0.717) is 12.4 Å². The normalized spacial score (nSPS) is 16.6. The molecule has 0 amide bonds. The second-order valence-electron chi connectivity index (χ2n) is 4.56. The van der Waals surface area contributed by atoms with Gasteiger partial charge in [-0.2, -0.15) is 13.2 Å². The SMILES string of the molecule is O=S(=O)(CC(O)CC(F)(F)F)c1ccc2c(c1)OCCO2. The largest absolute Gasteiger partial charge is 0.486 e. The van der Waals surface area contributed by atoms with Crippen molar-refractivity contribution in [3.05, 3.63) is 18.2 Å². The number of ether oxygens (including phenoxy) is 2. The average Bonchev–Trinajstić information content (AvgIpc) is 2.35. The number of hydrogen-bond acceptors (Lipinski definition) is 5. The first-order valence-electron chi connectivity index (χ1n) is 6.04. The molecule has 5 nitrogen and oxygen atoms in total. The molecule has 0 saturated carbocycles. The van der Waals surface area contributed by atoms with Gasteiger partial charge in [0.2, 0.25) is 0 Å². The number of alkyl halides is 3. The predicted molar refractivity (Wildman–Crippen MR) is 66.2 cm³/mol. The van der Waals surface area contributed by atoms with Gasteiger partial charge in [0.1, 0.15) is 13.2 Å². The lowest BCUT2D eigenvalue weighted by Crippen LogP contribution is -2.27. The molecule has 1 atom stereocenters. The first-order valence-corrected chi connectivity index (χ1v) is 7.70. The Hall–Kier alpha value is -1.48. The van der Waals surface area contributed by atoms with Crippen molar-refractivity contribution in [2.75, 3.05) is 19.0 Å². The maximum Gasteiger partial charge on any atom is 0.391 e. The first kappa shape index (κ1) is 15.9. The lowest BCUT2D eigenvalue weighted by molar-refractivity contribution is -0.150. The van der Waals surface area contributed by atoms with Gasteiger partial charge in [0, 0.05) is 6.07 Å². The van der Waals surface area contributed by atoms with Crippen LogP contribution in [0.25, 0.3) is 0 Å². The van der Waals surface area contributed by atoms with Gasteiger partial charge in [-0.1, -0.05) is 0 Å². The second-order valence-corrected chi connectivity index (χ2v) is 6.59. The van der Waals surface area contributed by atoms with Crippen LogP contribution in [0, 0.1) is 0 Å². The van der Waals surface area contributed by atoms with Gasteiger partial charge in [-0.25, -0.2) is 8.42 Å². The van der Waals surface area contributed by atoms with Crippen molar-refractivity contribution in [1.82, 2.24) is 0 Å². The average molecular weight is 326 g/mol. The number of benzene rings is 1. The van der Waals surface area contributed by atoms with Gasteiger partial charge in [0.05, 0.1) is 23.2 Å². The number of aliphatic hydroxyl groups excluding tert-OH is 1. The van der Waals surface area contributed by atoms with Gasteiger partial charge in [0.25, 0.3) is 0 Å². The van der Waals surface area contributed by atoms with E-state index in [4.69, 9.17) is 9.47 Å². The van der Waals surface area contributed by atoms with E-state index in [-0.39, 0.29) is 17.3 Å². The van der Waals surface area contributed by atoms with Crippen LogP contribution in [0.3, 0.4) is 0 Å². The zero-order valence-electron chi connectivity index (χ0n) is 10.8. The molecule has 0 spiro atoms. The molecule has 0 aromatic heterocycles. The summed E-state index contributed by atoms with van der Waals surface area (Å²) in [5.74, 6) is -0.421. The number of hydrogen-bond donors (Lipinski definition) is 1. The number of halogens is 3. The minimum absolute atomic E-state index is 0.215.